The molecule has 1 unspecified atom stereocenters. The molecule has 0 spiro atoms. The zero-order valence-electron chi connectivity index (χ0n) is 21.5. The zero-order chi connectivity index (χ0) is 26.7. The monoisotopic (exact) mass is 529 g/mol. The molecule has 0 aliphatic carbocycles. The molecular weight excluding hydrogens is 497 g/mol. The minimum atomic E-state index is -3.76. The first-order valence-corrected chi connectivity index (χ1v) is 13.5. The second-order valence-electron chi connectivity index (χ2n) is 9.14. The molecule has 2 heterocycles. The number of methoxy groups -OCH3 is 1. The van der Waals surface area contributed by atoms with Crippen LogP contribution in [0.3, 0.4) is 0 Å². The highest BCUT2D eigenvalue weighted by molar-refractivity contribution is 7.89. The van der Waals surface area contributed by atoms with E-state index in [0.717, 1.165) is 5.69 Å². The van der Waals surface area contributed by atoms with E-state index in [-0.39, 0.29) is 36.4 Å². The SMILES string of the molecule is COc1cc(C)c(S(=O)(=O)N(C)CCOCC(=O)N2CCn3cccc3C2c2cccc(F)c2)c(C)c1. The van der Waals surface area contributed by atoms with Crippen molar-refractivity contribution in [3.05, 3.63) is 82.9 Å². The van der Waals surface area contributed by atoms with E-state index >= 15 is 0 Å². The molecule has 0 saturated heterocycles. The highest BCUT2D eigenvalue weighted by Gasteiger charge is 2.32. The van der Waals surface area contributed by atoms with Crippen molar-refractivity contribution in [3.8, 4) is 5.75 Å². The summed E-state index contributed by atoms with van der Waals surface area (Å²) in [6.45, 7) is 4.46. The van der Waals surface area contributed by atoms with Gasteiger partial charge in [0.1, 0.15) is 18.2 Å². The number of carbonyl (C=O) groups is 1. The Bertz CT molecular complexity index is 1370. The van der Waals surface area contributed by atoms with Crippen LogP contribution in [-0.4, -0.2) is 68.6 Å². The first-order chi connectivity index (χ1) is 17.6. The fourth-order valence-corrected chi connectivity index (χ4v) is 6.38. The third kappa shape index (κ3) is 5.56. The molecule has 0 fully saturated rings. The quantitative estimate of drug-likeness (QED) is 0.396. The van der Waals surface area contributed by atoms with Crippen LogP contribution in [0, 0.1) is 19.7 Å². The van der Waals surface area contributed by atoms with Gasteiger partial charge in [0.25, 0.3) is 0 Å². The molecule has 198 valence electrons. The molecule has 1 aliphatic rings. The Balaban J connectivity index is 1.40. The number of amides is 1. The Morgan fingerprint density at radius 2 is 1.84 bits per heavy atom. The van der Waals surface area contributed by atoms with Gasteiger partial charge in [0.2, 0.25) is 15.9 Å². The average molecular weight is 530 g/mol. The van der Waals surface area contributed by atoms with Crippen molar-refractivity contribution in [1.82, 2.24) is 13.8 Å². The normalized spacial score (nSPS) is 15.6. The smallest absolute Gasteiger partial charge is 0.249 e. The van der Waals surface area contributed by atoms with E-state index < -0.39 is 16.1 Å². The standard InChI is InChI=1S/C27H32FN3O5S/c1-19-15-23(35-4)16-20(2)27(19)37(33,34)29(3)13-14-36-18-25(32)31-12-11-30-10-6-9-24(30)26(31)21-7-5-8-22(28)17-21/h5-10,15-17,26H,11-14,18H2,1-4H3. The number of halogens is 1. The van der Waals surface area contributed by atoms with Crippen LogP contribution in [0.4, 0.5) is 4.39 Å². The van der Waals surface area contributed by atoms with Crippen LogP contribution in [0.1, 0.15) is 28.4 Å². The molecule has 0 bridgehead atoms. The van der Waals surface area contributed by atoms with E-state index in [0.29, 0.717) is 35.5 Å². The summed E-state index contributed by atoms with van der Waals surface area (Å²) >= 11 is 0. The van der Waals surface area contributed by atoms with Crippen molar-refractivity contribution in [2.75, 3.05) is 40.5 Å². The molecule has 10 heteroatoms. The van der Waals surface area contributed by atoms with Crippen molar-refractivity contribution in [1.29, 1.82) is 0 Å². The van der Waals surface area contributed by atoms with Gasteiger partial charge in [0.05, 0.1) is 24.7 Å². The number of benzene rings is 2. The molecule has 1 aromatic heterocycles. The lowest BCUT2D eigenvalue weighted by atomic mass is 9.99. The Hall–Kier alpha value is -3.21. The third-order valence-corrected chi connectivity index (χ3v) is 8.80. The van der Waals surface area contributed by atoms with Gasteiger partial charge >= 0.3 is 0 Å². The number of hydrogen-bond donors (Lipinski definition) is 0. The predicted molar refractivity (Wildman–Crippen MR) is 137 cm³/mol. The van der Waals surface area contributed by atoms with Crippen LogP contribution in [0.2, 0.25) is 0 Å². The number of ether oxygens (including phenoxy) is 2. The lowest BCUT2D eigenvalue weighted by Crippen LogP contribution is -2.44. The molecule has 3 aromatic rings. The van der Waals surface area contributed by atoms with E-state index in [1.54, 1.807) is 43.0 Å². The third-order valence-electron chi connectivity index (χ3n) is 6.64. The molecule has 1 aliphatic heterocycles. The van der Waals surface area contributed by atoms with E-state index in [9.17, 15) is 17.6 Å². The topological polar surface area (TPSA) is 81.1 Å². The van der Waals surface area contributed by atoms with Crippen LogP contribution in [0.25, 0.3) is 0 Å². The van der Waals surface area contributed by atoms with Gasteiger partial charge in [-0.2, -0.15) is 4.31 Å². The Labute approximate surface area is 217 Å². The first-order valence-electron chi connectivity index (χ1n) is 12.0. The van der Waals surface area contributed by atoms with Gasteiger partial charge in [-0.05, 0) is 66.9 Å². The summed E-state index contributed by atoms with van der Waals surface area (Å²) in [5, 5.41) is 0. The van der Waals surface area contributed by atoms with E-state index in [1.807, 2.05) is 18.3 Å². The molecule has 1 atom stereocenters. The number of rotatable bonds is 9. The summed E-state index contributed by atoms with van der Waals surface area (Å²) in [6.07, 6.45) is 1.95. The number of aryl methyl sites for hydroxylation is 2. The zero-order valence-corrected chi connectivity index (χ0v) is 22.3. The Morgan fingerprint density at radius 3 is 2.51 bits per heavy atom. The van der Waals surface area contributed by atoms with Crippen molar-refractivity contribution in [2.45, 2.75) is 31.3 Å². The number of sulfonamides is 1. The van der Waals surface area contributed by atoms with Crippen LogP contribution < -0.4 is 4.74 Å². The summed E-state index contributed by atoms with van der Waals surface area (Å²) in [7, 11) is -0.733. The summed E-state index contributed by atoms with van der Waals surface area (Å²) in [6, 6.07) is 13.0. The number of nitrogens with zero attached hydrogens (tertiary/aromatic N) is 3. The lowest BCUT2D eigenvalue weighted by molar-refractivity contribution is -0.138. The molecule has 8 nitrogen and oxygen atoms in total. The Kier molecular flexibility index (Phi) is 8.01. The van der Waals surface area contributed by atoms with Gasteiger partial charge in [0.15, 0.2) is 0 Å². The van der Waals surface area contributed by atoms with Crippen LogP contribution in [-0.2, 0) is 26.1 Å². The minimum Gasteiger partial charge on any atom is -0.497 e. The lowest BCUT2D eigenvalue weighted by Gasteiger charge is -2.37. The maximum absolute atomic E-state index is 14.0. The number of aromatic nitrogens is 1. The fraction of sp³-hybridized carbons (Fsp3) is 0.370. The minimum absolute atomic E-state index is 0.0462. The molecule has 0 N–H and O–H groups in total. The largest absolute Gasteiger partial charge is 0.497 e. The van der Waals surface area contributed by atoms with Crippen molar-refractivity contribution in [3.63, 3.8) is 0 Å². The summed E-state index contributed by atoms with van der Waals surface area (Å²) in [5.41, 5.74) is 2.78. The van der Waals surface area contributed by atoms with Gasteiger partial charge < -0.3 is 18.9 Å². The van der Waals surface area contributed by atoms with Crippen molar-refractivity contribution >= 4 is 15.9 Å². The van der Waals surface area contributed by atoms with Crippen LogP contribution >= 0.6 is 0 Å². The van der Waals surface area contributed by atoms with Crippen molar-refractivity contribution < 1.29 is 27.1 Å². The maximum Gasteiger partial charge on any atom is 0.249 e. The summed E-state index contributed by atoms with van der Waals surface area (Å²) in [5.74, 6) is -0.00884. The summed E-state index contributed by atoms with van der Waals surface area (Å²) in [4.78, 5) is 15.1. The number of hydrogen-bond acceptors (Lipinski definition) is 5. The molecule has 2 aromatic carbocycles. The number of carbonyl (C=O) groups excluding carboxylic acids is 1. The first kappa shape index (κ1) is 26.8. The average Bonchev–Trinajstić information content (AvgIpc) is 3.34. The maximum atomic E-state index is 14.0. The van der Waals surface area contributed by atoms with E-state index in [1.165, 1.54) is 30.6 Å². The summed E-state index contributed by atoms with van der Waals surface area (Å²) < 4.78 is 54.5. The van der Waals surface area contributed by atoms with Gasteiger partial charge in [-0.25, -0.2) is 12.8 Å². The molecular formula is C27H32FN3O5S. The Morgan fingerprint density at radius 1 is 1.11 bits per heavy atom. The second kappa shape index (κ2) is 11.0. The molecule has 0 radical (unpaired) electrons. The van der Waals surface area contributed by atoms with E-state index in [4.69, 9.17) is 9.47 Å². The van der Waals surface area contributed by atoms with Crippen molar-refractivity contribution in [2.24, 2.45) is 0 Å². The molecule has 37 heavy (non-hydrogen) atoms. The molecule has 0 saturated carbocycles. The van der Waals surface area contributed by atoms with E-state index in [2.05, 4.69) is 4.57 Å². The van der Waals surface area contributed by atoms with Gasteiger partial charge in [-0.3, -0.25) is 4.79 Å². The predicted octanol–water partition coefficient (Wildman–Crippen LogP) is 3.52. The van der Waals surface area contributed by atoms with Gasteiger partial charge in [0, 0.05) is 38.6 Å². The number of fused-ring (bicyclic) bond motifs is 1. The number of likely N-dealkylation sites (N-methyl/N-ethyl adjacent to an activating group) is 1. The molecule has 4 rings (SSSR count). The molecule has 1 amide bonds. The van der Waals surface area contributed by atoms with Crippen LogP contribution in [0.5, 0.6) is 5.75 Å². The fourth-order valence-electron chi connectivity index (χ4n) is 4.83. The van der Waals surface area contributed by atoms with Gasteiger partial charge in [-0.15, -0.1) is 0 Å². The van der Waals surface area contributed by atoms with Gasteiger partial charge in [-0.1, -0.05) is 12.1 Å². The second-order valence-corrected chi connectivity index (χ2v) is 11.1. The highest BCUT2D eigenvalue weighted by atomic mass is 32.2. The highest BCUT2D eigenvalue weighted by Crippen LogP contribution is 2.33. The van der Waals surface area contributed by atoms with Crippen LogP contribution in [0.15, 0.2) is 59.6 Å².